The molecule has 4 rings (SSSR count). The average Bonchev–Trinajstić information content (AvgIpc) is 3.21. The van der Waals surface area contributed by atoms with Crippen LogP contribution in [0, 0.1) is 0 Å². The molecule has 23 heavy (non-hydrogen) atoms. The fourth-order valence-corrected chi connectivity index (χ4v) is 2.84. The minimum atomic E-state index is -1.25. The first kappa shape index (κ1) is 14.0. The van der Waals surface area contributed by atoms with Crippen LogP contribution < -0.4 is 5.43 Å². The maximum Gasteiger partial charge on any atom is 0.341 e. The number of fused-ring (bicyclic) bond motifs is 1. The van der Waals surface area contributed by atoms with Gasteiger partial charge >= 0.3 is 5.97 Å². The van der Waals surface area contributed by atoms with Gasteiger partial charge in [0.2, 0.25) is 5.43 Å². The van der Waals surface area contributed by atoms with E-state index in [1.165, 1.54) is 12.3 Å². The molecular weight excluding hydrogens is 320 g/mol. The van der Waals surface area contributed by atoms with Crippen molar-refractivity contribution >= 4 is 28.6 Å². The number of carboxylic acids is 1. The summed E-state index contributed by atoms with van der Waals surface area (Å²) in [7, 11) is 0. The van der Waals surface area contributed by atoms with Crippen molar-refractivity contribution in [2.24, 2.45) is 0 Å². The van der Waals surface area contributed by atoms with Gasteiger partial charge in [-0.1, -0.05) is 11.6 Å². The highest BCUT2D eigenvalue weighted by Gasteiger charge is 2.28. The number of carboxylic acid groups (broad SMARTS) is 1. The zero-order valence-corrected chi connectivity index (χ0v) is 12.6. The Balaban J connectivity index is 2.08. The highest BCUT2D eigenvalue weighted by molar-refractivity contribution is 6.32. The highest BCUT2D eigenvalue weighted by atomic mass is 35.5. The van der Waals surface area contributed by atoms with E-state index in [0.717, 1.165) is 12.8 Å². The lowest BCUT2D eigenvalue weighted by molar-refractivity contribution is 0.0695. The van der Waals surface area contributed by atoms with Gasteiger partial charge in [0.25, 0.3) is 0 Å². The second kappa shape index (κ2) is 4.92. The van der Waals surface area contributed by atoms with E-state index in [0.29, 0.717) is 11.5 Å². The van der Waals surface area contributed by atoms with Gasteiger partial charge in [0, 0.05) is 24.6 Å². The summed E-state index contributed by atoms with van der Waals surface area (Å²) in [6, 6.07) is 1.65. The first-order valence-electron chi connectivity index (χ1n) is 7.03. The number of halogens is 1. The molecule has 1 aliphatic rings. The van der Waals surface area contributed by atoms with Crippen LogP contribution in [0.3, 0.4) is 0 Å². The summed E-state index contributed by atoms with van der Waals surface area (Å²) in [5, 5.41) is 9.72. The van der Waals surface area contributed by atoms with Gasteiger partial charge in [0.1, 0.15) is 17.5 Å². The SMILES string of the molecule is O=C(O)c1cn(C2CC2)c2nc(-n3ccnc3)c(Cl)cc2c1=O. The number of imidazole rings is 1. The summed E-state index contributed by atoms with van der Waals surface area (Å²) >= 11 is 6.24. The van der Waals surface area contributed by atoms with Gasteiger partial charge in [-0.3, -0.25) is 9.36 Å². The molecule has 3 heterocycles. The monoisotopic (exact) mass is 330 g/mol. The van der Waals surface area contributed by atoms with Crippen molar-refractivity contribution in [1.29, 1.82) is 0 Å². The molecule has 1 saturated carbocycles. The zero-order valence-electron chi connectivity index (χ0n) is 11.8. The fraction of sp³-hybridized carbons (Fsp3) is 0.200. The van der Waals surface area contributed by atoms with Crippen molar-refractivity contribution in [3.05, 3.63) is 51.8 Å². The molecule has 116 valence electrons. The summed E-state index contributed by atoms with van der Waals surface area (Å²) in [6.07, 6.45) is 8.10. The predicted molar refractivity (Wildman–Crippen MR) is 83.4 cm³/mol. The molecule has 1 fully saturated rings. The van der Waals surface area contributed by atoms with Gasteiger partial charge in [-0.15, -0.1) is 0 Å². The van der Waals surface area contributed by atoms with Crippen LogP contribution in [0.5, 0.6) is 0 Å². The lowest BCUT2D eigenvalue weighted by Crippen LogP contribution is -2.19. The Kier molecular flexibility index (Phi) is 2.99. The largest absolute Gasteiger partial charge is 0.477 e. The van der Waals surface area contributed by atoms with Crippen LogP contribution in [0.25, 0.3) is 16.9 Å². The molecule has 0 unspecified atom stereocenters. The standard InChI is InChI=1S/C15H11ClN4O3/c16-11-5-9-12(21)10(15(22)23)6-20(8-1-2-8)13(9)18-14(11)19-4-3-17-7-19/h3-8H,1-2H2,(H,22,23). The average molecular weight is 331 g/mol. The molecule has 0 saturated heterocycles. The van der Waals surface area contributed by atoms with Crippen LogP contribution in [-0.4, -0.2) is 30.2 Å². The van der Waals surface area contributed by atoms with E-state index in [1.54, 1.807) is 27.9 Å². The van der Waals surface area contributed by atoms with E-state index in [2.05, 4.69) is 9.97 Å². The van der Waals surface area contributed by atoms with Crippen LogP contribution in [-0.2, 0) is 0 Å². The first-order chi connectivity index (χ1) is 11.1. The van der Waals surface area contributed by atoms with Crippen molar-refractivity contribution in [1.82, 2.24) is 19.1 Å². The number of aromatic carboxylic acids is 1. The van der Waals surface area contributed by atoms with Crippen molar-refractivity contribution in [2.75, 3.05) is 0 Å². The topological polar surface area (TPSA) is 90.0 Å². The summed E-state index contributed by atoms with van der Waals surface area (Å²) in [4.78, 5) is 32.2. The molecule has 0 aromatic carbocycles. The minimum Gasteiger partial charge on any atom is -0.477 e. The molecule has 0 bridgehead atoms. The number of hydrogen-bond donors (Lipinski definition) is 1. The van der Waals surface area contributed by atoms with E-state index in [9.17, 15) is 14.7 Å². The summed E-state index contributed by atoms with van der Waals surface area (Å²) in [6.45, 7) is 0. The van der Waals surface area contributed by atoms with Gasteiger partial charge in [-0.25, -0.2) is 14.8 Å². The fourth-order valence-electron chi connectivity index (χ4n) is 2.59. The molecule has 0 aliphatic heterocycles. The molecular formula is C15H11ClN4O3. The number of pyridine rings is 2. The second-order valence-electron chi connectivity index (χ2n) is 5.45. The normalized spacial score (nSPS) is 14.3. The quantitative estimate of drug-likeness (QED) is 0.795. The van der Waals surface area contributed by atoms with E-state index in [1.807, 2.05) is 0 Å². The van der Waals surface area contributed by atoms with E-state index >= 15 is 0 Å². The maximum atomic E-state index is 12.4. The Morgan fingerprint density at radius 3 is 2.78 bits per heavy atom. The first-order valence-corrected chi connectivity index (χ1v) is 7.41. The molecule has 0 radical (unpaired) electrons. The number of carbonyl (C=O) groups is 1. The molecule has 0 amide bonds. The van der Waals surface area contributed by atoms with E-state index in [4.69, 9.17) is 11.6 Å². The summed E-state index contributed by atoms with van der Waals surface area (Å²) in [5.74, 6) is -0.797. The molecule has 0 spiro atoms. The molecule has 7 nitrogen and oxygen atoms in total. The maximum absolute atomic E-state index is 12.4. The van der Waals surface area contributed by atoms with Crippen LogP contribution in [0.2, 0.25) is 5.02 Å². The molecule has 0 atom stereocenters. The minimum absolute atomic E-state index is 0.167. The Labute approximate surface area is 134 Å². The van der Waals surface area contributed by atoms with Crippen LogP contribution in [0.1, 0.15) is 29.2 Å². The number of rotatable bonds is 3. The number of nitrogens with zero attached hydrogens (tertiary/aromatic N) is 4. The lowest BCUT2D eigenvalue weighted by Gasteiger charge is -2.13. The summed E-state index contributed by atoms with van der Waals surface area (Å²) in [5.41, 5.74) is -0.399. The van der Waals surface area contributed by atoms with Gasteiger partial charge in [-0.2, -0.15) is 0 Å². The molecule has 8 heteroatoms. The molecule has 3 aromatic heterocycles. The third-order valence-corrected chi connectivity index (χ3v) is 4.14. The Bertz CT molecular complexity index is 990. The molecule has 3 aromatic rings. The van der Waals surface area contributed by atoms with E-state index < -0.39 is 11.4 Å². The number of aromatic nitrogens is 4. The lowest BCUT2D eigenvalue weighted by atomic mass is 10.2. The van der Waals surface area contributed by atoms with Crippen molar-refractivity contribution in [2.45, 2.75) is 18.9 Å². The van der Waals surface area contributed by atoms with Crippen LogP contribution in [0.15, 0.2) is 35.8 Å². The van der Waals surface area contributed by atoms with Gasteiger partial charge < -0.3 is 9.67 Å². The van der Waals surface area contributed by atoms with Crippen LogP contribution >= 0.6 is 11.6 Å². The van der Waals surface area contributed by atoms with Gasteiger partial charge in [0.05, 0.1) is 10.4 Å². The third-order valence-electron chi connectivity index (χ3n) is 3.86. The van der Waals surface area contributed by atoms with Crippen molar-refractivity contribution in [3.8, 4) is 5.82 Å². The Morgan fingerprint density at radius 2 is 2.17 bits per heavy atom. The van der Waals surface area contributed by atoms with Gasteiger partial charge in [0.15, 0.2) is 5.82 Å². The smallest absolute Gasteiger partial charge is 0.341 e. The van der Waals surface area contributed by atoms with E-state index in [-0.39, 0.29) is 22.0 Å². The van der Waals surface area contributed by atoms with Gasteiger partial charge in [-0.05, 0) is 18.9 Å². The summed E-state index contributed by atoms with van der Waals surface area (Å²) < 4.78 is 3.41. The van der Waals surface area contributed by atoms with Crippen molar-refractivity contribution in [3.63, 3.8) is 0 Å². The van der Waals surface area contributed by atoms with Crippen LogP contribution in [0.4, 0.5) is 0 Å². The molecule has 1 aliphatic carbocycles. The zero-order chi connectivity index (χ0) is 16.1. The molecule has 1 N–H and O–H groups in total. The predicted octanol–water partition coefficient (Wildman–Crippen LogP) is 2.27. The highest BCUT2D eigenvalue weighted by Crippen LogP contribution is 2.37. The second-order valence-corrected chi connectivity index (χ2v) is 5.86. The Hall–Kier alpha value is -2.67. The van der Waals surface area contributed by atoms with Crippen molar-refractivity contribution < 1.29 is 9.90 Å². The number of hydrogen-bond acceptors (Lipinski definition) is 4. The Morgan fingerprint density at radius 1 is 1.39 bits per heavy atom. The third kappa shape index (κ3) is 2.20.